The smallest absolute Gasteiger partial charge is 0.337 e. The van der Waals surface area contributed by atoms with Gasteiger partial charge in [0, 0.05) is 12.7 Å². The number of rotatable bonds is 5. The molecule has 1 heterocycles. The lowest BCUT2D eigenvalue weighted by Gasteiger charge is -2.07. The largest absolute Gasteiger partial charge is 0.465 e. The molecule has 0 atom stereocenters. The van der Waals surface area contributed by atoms with Gasteiger partial charge in [-0.15, -0.1) is 0 Å². The standard InChI is InChI=1S/C18H17N3O3S/c1-21-15-9-4-3-8-14(15)20-18(21)25-11-16(22)19-13-7-5-6-12(10-13)17(23)24-2/h3-10H,11H2,1-2H3,(H,19,22). The zero-order chi connectivity index (χ0) is 17.8. The monoisotopic (exact) mass is 355 g/mol. The number of hydrogen-bond donors (Lipinski definition) is 1. The lowest BCUT2D eigenvalue weighted by atomic mass is 10.2. The zero-order valence-corrected chi connectivity index (χ0v) is 14.7. The number of nitrogens with zero attached hydrogens (tertiary/aromatic N) is 2. The van der Waals surface area contributed by atoms with Crippen LogP contribution in [0.3, 0.4) is 0 Å². The highest BCUT2D eigenvalue weighted by atomic mass is 32.2. The molecule has 2 aromatic carbocycles. The molecular weight excluding hydrogens is 338 g/mol. The molecule has 0 aliphatic rings. The topological polar surface area (TPSA) is 73.2 Å². The molecule has 0 bridgehead atoms. The second kappa shape index (κ2) is 7.40. The Morgan fingerprint density at radius 3 is 2.76 bits per heavy atom. The highest BCUT2D eigenvalue weighted by Gasteiger charge is 2.11. The third-order valence-electron chi connectivity index (χ3n) is 3.65. The average Bonchev–Trinajstić information content (AvgIpc) is 2.96. The van der Waals surface area contributed by atoms with Gasteiger partial charge >= 0.3 is 5.97 Å². The molecule has 1 aromatic heterocycles. The van der Waals surface area contributed by atoms with Gasteiger partial charge in [0.1, 0.15) is 0 Å². The molecule has 0 saturated heterocycles. The van der Waals surface area contributed by atoms with E-state index in [0.717, 1.165) is 16.2 Å². The van der Waals surface area contributed by atoms with Gasteiger partial charge < -0.3 is 14.6 Å². The van der Waals surface area contributed by atoms with Gasteiger partial charge in [0.05, 0.1) is 29.5 Å². The molecule has 3 rings (SSSR count). The van der Waals surface area contributed by atoms with E-state index in [-0.39, 0.29) is 11.7 Å². The summed E-state index contributed by atoms with van der Waals surface area (Å²) in [6.45, 7) is 0. The third-order valence-corrected chi connectivity index (χ3v) is 4.68. The number of ether oxygens (including phenoxy) is 1. The van der Waals surface area contributed by atoms with E-state index < -0.39 is 5.97 Å². The van der Waals surface area contributed by atoms with Crippen molar-refractivity contribution in [2.24, 2.45) is 7.05 Å². The third kappa shape index (κ3) is 3.83. The number of imidazole rings is 1. The number of para-hydroxylation sites is 2. The van der Waals surface area contributed by atoms with Gasteiger partial charge in [-0.25, -0.2) is 9.78 Å². The number of methoxy groups -OCH3 is 1. The molecule has 3 aromatic rings. The molecule has 0 fully saturated rings. The van der Waals surface area contributed by atoms with Gasteiger partial charge in [-0.3, -0.25) is 4.79 Å². The Balaban J connectivity index is 1.65. The molecule has 0 saturated carbocycles. The fourth-order valence-electron chi connectivity index (χ4n) is 2.42. The van der Waals surface area contributed by atoms with Crippen LogP contribution in [0.15, 0.2) is 53.7 Å². The molecule has 0 unspecified atom stereocenters. The van der Waals surface area contributed by atoms with E-state index in [9.17, 15) is 9.59 Å². The molecule has 1 N–H and O–H groups in total. The maximum absolute atomic E-state index is 12.2. The number of fused-ring (bicyclic) bond motifs is 1. The molecule has 0 aliphatic heterocycles. The number of carbonyl (C=O) groups excluding carboxylic acids is 2. The van der Waals surface area contributed by atoms with Crippen LogP contribution < -0.4 is 5.32 Å². The number of esters is 1. The molecule has 0 radical (unpaired) electrons. The van der Waals surface area contributed by atoms with Crippen LogP contribution in [0.4, 0.5) is 5.69 Å². The molecule has 128 valence electrons. The van der Waals surface area contributed by atoms with E-state index in [4.69, 9.17) is 0 Å². The van der Waals surface area contributed by atoms with Crippen LogP contribution in [-0.4, -0.2) is 34.3 Å². The summed E-state index contributed by atoms with van der Waals surface area (Å²) >= 11 is 1.36. The van der Waals surface area contributed by atoms with E-state index in [1.54, 1.807) is 24.3 Å². The fourth-order valence-corrected chi connectivity index (χ4v) is 3.21. The van der Waals surface area contributed by atoms with Crippen molar-refractivity contribution in [3.05, 3.63) is 54.1 Å². The maximum atomic E-state index is 12.2. The highest BCUT2D eigenvalue weighted by molar-refractivity contribution is 7.99. The first-order valence-corrected chi connectivity index (χ1v) is 8.59. The number of thioether (sulfide) groups is 1. The molecule has 1 amide bonds. The summed E-state index contributed by atoms with van der Waals surface area (Å²) < 4.78 is 6.64. The van der Waals surface area contributed by atoms with Crippen molar-refractivity contribution in [1.82, 2.24) is 9.55 Å². The lowest BCUT2D eigenvalue weighted by molar-refractivity contribution is -0.113. The van der Waals surface area contributed by atoms with Gasteiger partial charge in [0.2, 0.25) is 5.91 Å². The van der Waals surface area contributed by atoms with Crippen molar-refractivity contribution in [2.75, 3.05) is 18.2 Å². The second-order valence-corrected chi connectivity index (χ2v) is 6.29. The van der Waals surface area contributed by atoms with Crippen molar-refractivity contribution in [3.8, 4) is 0 Å². The predicted octanol–water partition coefficient (Wildman–Crippen LogP) is 3.09. The van der Waals surface area contributed by atoms with Crippen LogP contribution in [0, 0.1) is 0 Å². The first-order chi connectivity index (χ1) is 12.1. The van der Waals surface area contributed by atoms with E-state index in [1.807, 2.05) is 35.9 Å². The van der Waals surface area contributed by atoms with Crippen LogP contribution in [0.2, 0.25) is 0 Å². The average molecular weight is 355 g/mol. The molecule has 25 heavy (non-hydrogen) atoms. The molecule has 6 nitrogen and oxygen atoms in total. The number of benzene rings is 2. The summed E-state index contributed by atoms with van der Waals surface area (Å²) in [7, 11) is 3.25. The summed E-state index contributed by atoms with van der Waals surface area (Å²) in [6, 6.07) is 14.5. The van der Waals surface area contributed by atoms with Crippen LogP contribution in [-0.2, 0) is 16.6 Å². The van der Waals surface area contributed by atoms with Crippen molar-refractivity contribution in [1.29, 1.82) is 0 Å². The summed E-state index contributed by atoms with van der Waals surface area (Å²) in [4.78, 5) is 28.2. The Hall–Kier alpha value is -2.80. The summed E-state index contributed by atoms with van der Waals surface area (Å²) in [6.07, 6.45) is 0. The first-order valence-electron chi connectivity index (χ1n) is 7.61. The van der Waals surface area contributed by atoms with Crippen molar-refractivity contribution in [2.45, 2.75) is 5.16 Å². The quantitative estimate of drug-likeness (QED) is 0.562. The minimum atomic E-state index is -0.440. The second-order valence-electron chi connectivity index (χ2n) is 5.35. The SMILES string of the molecule is COC(=O)c1cccc(NC(=O)CSc2nc3ccccc3n2C)c1. The maximum Gasteiger partial charge on any atom is 0.337 e. The summed E-state index contributed by atoms with van der Waals surface area (Å²) in [5.41, 5.74) is 2.87. The predicted molar refractivity (Wildman–Crippen MR) is 97.8 cm³/mol. The van der Waals surface area contributed by atoms with Crippen molar-refractivity contribution >= 4 is 40.4 Å². The number of carbonyl (C=O) groups is 2. The number of aryl methyl sites for hydroxylation is 1. The number of hydrogen-bond acceptors (Lipinski definition) is 5. The normalized spacial score (nSPS) is 10.6. The van der Waals surface area contributed by atoms with Crippen LogP contribution in [0.5, 0.6) is 0 Å². The number of amides is 1. The van der Waals surface area contributed by atoms with E-state index in [1.165, 1.54) is 18.9 Å². The Kier molecular flexibility index (Phi) is 5.04. The van der Waals surface area contributed by atoms with E-state index in [2.05, 4.69) is 15.0 Å². The minimum Gasteiger partial charge on any atom is -0.465 e. The van der Waals surface area contributed by atoms with Crippen molar-refractivity contribution < 1.29 is 14.3 Å². The van der Waals surface area contributed by atoms with Crippen LogP contribution in [0.25, 0.3) is 11.0 Å². The van der Waals surface area contributed by atoms with Crippen LogP contribution in [0.1, 0.15) is 10.4 Å². The Morgan fingerprint density at radius 1 is 1.20 bits per heavy atom. The van der Waals surface area contributed by atoms with Gasteiger partial charge in [0.25, 0.3) is 0 Å². The number of nitrogens with one attached hydrogen (secondary N) is 1. The Morgan fingerprint density at radius 2 is 2.00 bits per heavy atom. The van der Waals surface area contributed by atoms with Gasteiger partial charge in [-0.05, 0) is 30.3 Å². The molecular formula is C18H17N3O3S. The van der Waals surface area contributed by atoms with Crippen LogP contribution >= 0.6 is 11.8 Å². The Labute approximate surface area is 149 Å². The number of aromatic nitrogens is 2. The van der Waals surface area contributed by atoms with Gasteiger partial charge in [-0.1, -0.05) is 30.0 Å². The minimum absolute atomic E-state index is 0.168. The fraction of sp³-hybridized carbons (Fsp3) is 0.167. The van der Waals surface area contributed by atoms with E-state index >= 15 is 0 Å². The zero-order valence-electron chi connectivity index (χ0n) is 13.9. The highest BCUT2D eigenvalue weighted by Crippen LogP contribution is 2.22. The first kappa shape index (κ1) is 17.0. The molecule has 0 aliphatic carbocycles. The Bertz CT molecular complexity index is 936. The van der Waals surface area contributed by atoms with Crippen molar-refractivity contribution in [3.63, 3.8) is 0 Å². The summed E-state index contributed by atoms with van der Waals surface area (Å²) in [5.74, 6) is -0.385. The number of anilines is 1. The van der Waals surface area contributed by atoms with E-state index in [0.29, 0.717) is 11.3 Å². The van der Waals surface area contributed by atoms with Gasteiger partial charge in [-0.2, -0.15) is 0 Å². The lowest BCUT2D eigenvalue weighted by Crippen LogP contribution is -2.15. The van der Waals surface area contributed by atoms with Gasteiger partial charge in [0.15, 0.2) is 5.16 Å². The molecule has 0 spiro atoms. The molecule has 7 heteroatoms. The summed E-state index contributed by atoms with van der Waals surface area (Å²) in [5, 5.41) is 3.56.